The Morgan fingerprint density at radius 2 is 2.00 bits per heavy atom. The van der Waals surface area contributed by atoms with Crippen molar-refractivity contribution in [3.63, 3.8) is 0 Å². The molecule has 0 atom stereocenters. The van der Waals surface area contributed by atoms with Gasteiger partial charge >= 0.3 is 0 Å². The van der Waals surface area contributed by atoms with E-state index in [2.05, 4.69) is 10.2 Å². The maximum atomic E-state index is 12.2. The second kappa shape index (κ2) is 5.18. The summed E-state index contributed by atoms with van der Waals surface area (Å²) in [4.78, 5) is 28.3. The maximum absolute atomic E-state index is 12.2. The molecule has 2 aromatic rings. The molecular formula is C13H11N3O2. The summed E-state index contributed by atoms with van der Waals surface area (Å²) in [6, 6.07) is 9.95. The number of nitroso groups, excluding NO2 is 1. The van der Waals surface area contributed by atoms with Gasteiger partial charge in [0, 0.05) is 13.2 Å². The van der Waals surface area contributed by atoms with E-state index in [0.717, 1.165) is 0 Å². The van der Waals surface area contributed by atoms with Gasteiger partial charge in [-0.15, -0.1) is 4.91 Å². The first kappa shape index (κ1) is 11.9. The Balaban J connectivity index is 2.34. The van der Waals surface area contributed by atoms with E-state index in [1.165, 1.54) is 11.0 Å². The molecule has 0 unspecified atom stereocenters. The van der Waals surface area contributed by atoms with E-state index in [-0.39, 0.29) is 17.2 Å². The van der Waals surface area contributed by atoms with Crippen LogP contribution in [0.2, 0.25) is 0 Å². The molecular weight excluding hydrogens is 230 g/mol. The lowest BCUT2D eigenvalue weighted by Gasteiger charge is -2.17. The van der Waals surface area contributed by atoms with Crippen LogP contribution < -0.4 is 4.90 Å². The van der Waals surface area contributed by atoms with Crippen molar-refractivity contribution in [3.05, 3.63) is 59.3 Å². The van der Waals surface area contributed by atoms with Crippen LogP contribution in [0.5, 0.6) is 0 Å². The molecule has 0 radical (unpaired) electrons. The Labute approximate surface area is 104 Å². The lowest BCUT2D eigenvalue weighted by molar-refractivity contribution is 0.0993. The van der Waals surface area contributed by atoms with Crippen LogP contribution in [0.4, 0.5) is 11.4 Å². The molecule has 0 aliphatic heterocycles. The van der Waals surface area contributed by atoms with Crippen LogP contribution in [0, 0.1) is 4.91 Å². The second-order valence-electron chi connectivity index (χ2n) is 3.68. The van der Waals surface area contributed by atoms with Gasteiger partial charge < -0.3 is 4.90 Å². The highest BCUT2D eigenvalue weighted by molar-refractivity contribution is 6.08. The first-order chi connectivity index (χ1) is 8.74. The van der Waals surface area contributed by atoms with Crippen molar-refractivity contribution in [1.82, 2.24) is 4.98 Å². The summed E-state index contributed by atoms with van der Waals surface area (Å²) in [7, 11) is 1.63. The topological polar surface area (TPSA) is 62.6 Å². The SMILES string of the molecule is CN(C(=O)c1ccccc1N=O)c1cccnc1. The van der Waals surface area contributed by atoms with E-state index >= 15 is 0 Å². The molecule has 0 saturated carbocycles. The van der Waals surface area contributed by atoms with E-state index in [4.69, 9.17) is 0 Å². The van der Waals surface area contributed by atoms with Gasteiger partial charge in [-0.2, -0.15) is 0 Å². The number of benzene rings is 1. The molecule has 5 nitrogen and oxygen atoms in total. The molecule has 1 heterocycles. The van der Waals surface area contributed by atoms with Gasteiger partial charge in [-0.1, -0.05) is 12.1 Å². The van der Waals surface area contributed by atoms with Crippen molar-refractivity contribution in [2.75, 3.05) is 11.9 Å². The quantitative estimate of drug-likeness (QED) is 0.776. The third kappa shape index (κ3) is 2.24. The molecule has 5 heteroatoms. The minimum Gasteiger partial charge on any atom is -0.310 e. The third-order valence-corrected chi connectivity index (χ3v) is 2.57. The van der Waals surface area contributed by atoms with Crippen molar-refractivity contribution in [3.8, 4) is 0 Å². The Bertz CT molecular complexity index is 569. The molecule has 0 saturated heterocycles. The molecule has 0 aliphatic rings. The standard InChI is InChI=1S/C13H11N3O2/c1-16(10-5-4-8-14-9-10)13(17)11-6-2-3-7-12(11)15-18/h2-9H,1H3. The smallest absolute Gasteiger partial charge is 0.260 e. The maximum Gasteiger partial charge on any atom is 0.260 e. The summed E-state index contributed by atoms with van der Waals surface area (Å²) in [6.07, 6.45) is 3.21. The molecule has 0 aliphatic carbocycles. The van der Waals surface area contributed by atoms with E-state index in [0.29, 0.717) is 5.69 Å². The average Bonchev–Trinajstić information content (AvgIpc) is 2.46. The zero-order valence-electron chi connectivity index (χ0n) is 9.78. The molecule has 1 amide bonds. The Morgan fingerprint density at radius 3 is 2.67 bits per heavy atom. The first-order valence-electron chi connectivity index (χ1n) is 5.34. The summed E-state index contributed by atoms with van der Waals surface area (Å²) in [5.41, 5.74) is 1.07. The summed E-state index contributed by atoms with van der Waals surface area (Å²) in [6.45, 7) is 0. The van der Waals surface area contributed by atoms with Gasteiger partial charge in [0.05, 0.1) is 17.4 Å². The predicted molar refractivity (Wildman–Crippen MR) is 68.9 cm³/mol. The molecule has 90 valence electrons. The minimum atomic E-state index is -0.293. The Hall–Kier alpha value is -2.56. The van der Waals surface area contributed by atoms with Gasteiger partial charge in [-0.3, -0.25) is 9.78 Å². The zero-order valence-corrected chi connectivity index (χ0v) is 9.78. The number of carbonyl (C=O) groups is 1. The summed E-state index contributed by atoms with van der Waals surface area (Å²) in [5, 5.41) is 2.85. The van der Waals surface area contributed by atoms with Gasteiger partial charge in [0.2, 0.25) is 0 Å². The average molecular weight is 241 g/mol. The highest BCUT2D eigenvalue weighted by Gasteiger charge is 2.17. The van der Waals surface area contributed by atoms with Crippen molar-refractivity contribution in [1.29, 1.82) is 0 Å². The predicted octanol–water partition coefficient (Wildman–Crippen LogP) is 2.76. The molecule has 1 aromatic heterocycles. The van der Waals surface area contributed by atoms with Crippen LogP contribution in [0.3, 0.4) is 0 Å². The van der Waals surface area contributed by atoms with Crippen LogP contribution in [0.1, 0.15) is 10.4 Å². The van der Waals surface area contributed by atoms with Gasteiger partial charge in [-0.25, -0.2) is 0 Å². The second-order valence-corrected chi connectivity index (χ2v) is 3.68. The van der Waals surface area contributed by atoms with Crippen LogP contribution in [0.25, 0.3) is 0 Å². The minimum absolute atomic E-state index is 0.137. The number of hydrogen-bond donors (Lipinski definition) is 0. The fraction of sp³-hybridized carbons (Fsp3) is 0.0769. The number of anilines is 1. The van der Waals surface area contributed by atoms with E-state index in [9.17, 15) is 9.70 Å². The first-order valence-corrected chi connectivity index (χ1v) is 5.34. The molecule has 0 spiro atoms. The van der Waals surface area contributed by atoms with Crippen molar-refractivity contribution in [2.45, 2.75) is 0 Å². The number of hydrogen-bond acceptors (Lipinski definition) is 4. The fourth-order valence-corrected chi connectivity index (χ4v) is 1.58. The van der Waals surface area contributed by atoms with Crippen molar-refractivity contribution in [2.24, 2.45) is 5.18 Å². The van der Waals surface area contributed by atoms with Gasteiger partial charge in [0.15, 0.2) is 0 Å². The number of nitrogens with zero attached hydrogens (tertiary/aromatic N) is 3. The van der Waals surface area contributed by atoms with E-state index in [1.807, 2.05) is 0 Å². The van der Waals surface area contributed by atoms with Gasteiger partial charge in [0.1, 0.15) is 5.69 Å². The zero-order chi connectivity index (χ0) is 13.0. The molecule has 0 fully saturated rings. The molecule has 0 bridgehead atoms. The van der Waals surface area contributed by atoms with Crippen LogP contribution >= 0.6 is 0 Å². The molecule has 18 heavy (non-hydrogen) atoms. The van der Waals surface area contributed by atoms with Gasteiger partial charge in [-0.05, 0) is 29.4 Å². The van der Waals surface area contributed by atoms with E-state index in [1.54, 1.807) is 49.8 Å². The number of amides is 1. The lowest BCUT2D eigenvalue weighted by atomic mass is 10.1. The third-order valence-electron chi connectivity index (χ3n) is 2.57. The summed E-state index contributed by atoms with van der Waals surface area (Å²) < 4.78 is 0. The van der Waals surface area contributed by atoms with Crippen molar-refractivity contribution >= 4 is 17.3 Å². The Kier molecular flexibility index (Phi) is 3.43. The number of rotatable bonds is 3. The van der Waals surface area contributed by atoms with Crippen LogP contribution in [0.15, 0.2) is 54.0 Å². The monoisotopic (exact) mass is 241 g/mol. The Morgan fingerprint density at radius 1 is 1.22 bits per heavy atom. The fourth-order valence-electron chi connectivity index (χ4n) is 1.58. The molecule has 2 rings (SSSR count). The lowest BCUT2D eigenvalue weighted by Crippen LogP contribution is -2.26. The molecule has 1 aromatic carbocycles. The van der Waals surface area contributed by atoms with Gasteiger partial charge in [0.25, 0.3) is 5.91 Å². The largest absolute Gasteiger partial charge is 0.310 e. The number of aromatic nitrogens is 1. The van der Waals surface area contributed by atoms with Crippen LogP contribution in [-0.2, 0) is 0 Å². The summed E-state index contributed by atoms with van der Waals surface area (Å²) >= 11 is 0. The number of carbonyl (C=O) groups excluding carboxylic acids is 1. The van der Waals surface area contributed by atoms with Crippen LogP contribution in [-0.4, -0.2) is 17.9 Å². The normalized spacial score (nSPS) is 9.83. The van der Waals surface area contributed by atoms with E-state index < -0.39 is 0 Å². The highest BCUT2D eigenvalue weighted by atomic mass is 16.3. The molecule has 0 N–H and O–H groups in total. The number of pyridine rings is 1. The summed E-state index contributed by atoms with van der Waals surface area (Å²) in [5.74, 6) is -0.293. The highest BCUT2D eigenvalue weighted by Crippen LogP contribution is 2.21. The van der Waals surface area contributed by atoms with Crippen molar-refractivity contribution < 1.29 is 4.79 Å².